The molecule has 0 saturated carbocycles. The molecule has 5 heteroatoms. The van der Waals surface area contributed by atoms with Crippen molar-refractivity contribution in [3.05, 3.63) is 70.5 Å². The molecule has 21 heavy (non-hydrogen) atoms. The number of hydrogen-bond acceptors (Lipinski definition) is 3. The summed E-state index contributed by atoms with van der Waals surface area (Å²) < 4.78 is 13.5. The van der Waals surface area contributed by atoms with Gasteiger partial charge in [-0.2, -0.15) is 11.8 Å². The SMILES string of the molecule is Cc1cccc(CSCc2cc(F)cc(/C(N)=N/O)c2)c1. The smallest absolute Gasteiger partial charge is 0.170 e. The standard InChI is InChI=1S/C16H17FN2OS/c1-11-3-2-4-12(5-11)9-21-10-13-6-14(16(18)19-20)8-15(17)7-13/h2-8,20H,9-10H2,1H3,(H2,18,19). The minimum absolute atomic E-state index is 0.0839. The Morgan fingerprint density at radius 1 is 1.19 bits per heavy atom. The number of hydrogen-bond donors (Lipinski definition) is 2. The molecule has 0 fully saturated rings. The number of halogens is 1. The van der Waals surface area contributed by atoms with Gasteiger partial charge in [0.1, 0.15) is 5.82 Å². The maximum atomic E-state index is 13.5. The van der Waals surface area contributed by atoms with Crippen LogP contribution in [0.3, 0.4) is 0 Å². The summed E-state index contributed by atoms with van der Waals surface area (Å²) in [5.41, 5.74) is 9.17. The van der Waals surface area contributed by atoms with E-state index in [0.29, 0.717) is 11.3 Å². The molecule has 0 radical (unpaired) electrons. The number of aryl methyl sites for hydroxylation is 1. The van der Waals surface area contributed by atoms with E-state index < -0.39 is 0 Å². The average molecular weight is 304 g/mol. The molecule has 0 aliphatic heterocycles. The third-order valence-corrected chi connectivity index (χ3v) is 4.06. The number of rotatable bonds is 5. The molecule has 2 rings (SSSR count). The van der Waals surface area contributed by atoms with Crippen molar-refractivity contribution in [3.63, 3.8) is 0 Å². The quantitative estimate of drug-likeness (QED) is 0.383. The van der Waals surface area contributed by atoms with E-state index in [1.54, 1.807) is 17.8 Å². The molecule has 0 heterocycles. The number of oxime groups is 1. The molecule has 0 bridgehead atoms. The van der Waals surface area contributed by atoms with Crippen molar-refractivity contribution in [1.82, 2.24) is 0 Å². The molecule has 2 aromatic rings. The zero-order chi connectivity index (χ0) is 15.2. The molecular weight excluding hydrogens is 287 g/mol. The molecule has 2 aromatic carbocycles. The summed E-state index contributed by atoms with van der Waals surface area (Å²) in [5, 5.41) is 11.6. The number of benzene rings is 2. The fraction of sp³-hybridized carbons (Fsp3) is 0.188. The predicted octanol–water partition coefficient (Wildman–Crippen LogP) is 3.66. The maximum absolute atomic E-state index is 13.5. The van der Waals surface area contributed by atoms with Crippen molar-refractivity contribution in [2.24, 2.45) is 10.9 Å². The lowest BCUT2D eigenvalue weighted by Gasteiger charge is -2.06. The van der Waals surface area contributed by atoms with Crippen LogP contribution in [-0.2, 0) is 11.5 Å². The van der Waals surface area contributed by atoms with Crippen LogP contribution in [0.5, 0.6) is 0 Å². The second-order valence-electron chi connectivity index (χ2n) is 4.82. The molecule has 0 aliphatic carbocycles. The van der Waals surface area contributed by atoms with Gasteiger partial charge in [-0.05, 0) is 36.2 Å². The molecule has 3 nitrogen and oxygen atoms in total. The van der Waals surface area contributed by atoms with E-state index in [2.05, 4.69) is 30.3 Å². The van der Waals surface area contributed by atoms with Gasteiger partial charge in [0.05, 0.1) is 0 Å². The summed E-state index contributed by atoms with van der Waals surface area (Å²) in [4.78, 5) is 0. The van der Waals surface area contributed by atoms with E-state index in [0.717, 1.165) is 11.3 Å². The van der Waals surface area contributed by atoms with E-state index in [1.807, 2.05) is 6.07 Å². The van der Waals surface area contributed by atoms with Crippen molar-refractivity contribution in [3.8, 4) is 0 Å². The summed E-state index contributed by atoms with van der Waals surface area (Å²) in [6, 6.07) is 12.8. The largest absolute Gasteiger partial charge is 0.409 e. The van der Waals surface area contributed by atoms with Gasteiger partial charge in [0.25, 0.3) is 0 Å². The van der Waals surface area contributed by atoms with Gasteiger partial charge in [-0.3, -0.25) is 0 Å². The summed E-state index contributed by atoms with van der Waals surface area (Å²) >= 11 is 1.70. The minimum Gasteiger partial charge on any atom is -0.409 e. The predicted molar refractivity (Wildman–Crippen MR) is 85.1 cm³/mol. The molecule has 0 atom stereocenters. The second kappa shape index (κ2) is 7.13. The topological polar surface area (TPSA) is 58.6 Å². The van der Waals surface area contributed by atoms with Crippen LogP contribution in [0, 0.1) is 12.7 Å². The lowest BCUT2D eigenvalue weighted by molar-refractivity contribution is 0.318. The zero-order valence-corrected chi connectivity index (χ0v) is 12.5. The van der Waals surface area contributed by atoms with Gasteiger partial charge in [0.15, 0.2) is 5.84 Å². The molecule has 0 unspecified atom stereocenters. The van der Waals surface area contributed by atoms with Crippen LogP contribution < -0.4 is 5.73 Å². The Morgan fingerprint density at radius 3 is 2.67 bits per heavy atom. The summed E-state index contributed by atoms with van der Waals surface area (Å²) in [6.07, 6.45) is 0. The molecule has 0 saturated heterocycles. The molecule has 0 aromatic heterocycles. The molecule has 3 N–H and O–H groups in total. The first-order chi connectivity index (χ1) is 10.1. The number of thioether (sulfide) groups is 1. The third kappa shape index (κ3) is 4.49. The van der Waals surface area contributed by atoms with E-state index in [1.165, 1.54) is 23.3 Å². The number of nitrogens with zero attached hydrogens (tertiary/aromatic N) is 1. The highest BCUT2D eigenvalue weighted by Gasteiger charge is 2.05. The Balaban J connectivity index is 2.01. The van der Waals surface area contributed by atoms with Gasteiger partial charge >= 0.3 is 0 Å². The first kappa shape index (κ1) is 15.4. The number of amidine groups is 1. The summed E-state index contributed by atoms with van der Waals surface area (Å²) in [5.74, 6) is 1.05. The van der Waals surface area contributed by atoms with Gasteiger partial charge in [0, 0.05) is 17.1 Å². The Hall–Kier alpha value is -2.01. The van der Waals surface area contributed by atoms with Gasteiger partial charge in [-0.15, -0.1) is 0 Å². The van der Waals surface area contributed by atoms with Crippen molar-refractivity contribution < 1.29 is 9.60 Å². The Bertz CT molecular complexity index is 658. The Morgan fingerprint density at radius 2 is 1.95 bits per heavy atom. The van der Waals surface area contributed by atoms with Gasteiger partial charge in [0.2, 0.25) is 0 Å². The van der Waals surface area contributed by atoms with Crippen LogP contribution in [0.2, 0.25) is 0 Å². The van der Waals surface area contributed by atoms with Crippen molar-refractivity contribution >= 4 is 17.6 Å². The zero-order valence-electron chi connectivity index (χ0n) is 11.7. The van der Waals surface area contributed by atoms with Crippen LogP contribution in [-0.4, -0.2) is 11.0 Å². The van der Waals surface area contributed by atoms with Crippen molar-refractivity contribution in [2.75, 3.05) is 0 Å². The average Bonchev–Trinajstić information content (AvgIpc) is 2.46. The Kier molecular flexibility index (Phi) is 5.22. The van der Waals surface area contributed by atoms with Crippen LogP contribution in [0.4, 0.5) is 4.39 Å². The minimum atomic E-state index is -0.384. The number of nitrogens with two attached hydrogens (primary N) is 1. The van der Waals surface area contributed by atoms with E-state index in [9.17, 15) is 4.39 Å². The Labute approximate surface area is 127 Å². The highest BCUT2D eigenvalue weighted by molar-refractivity contribution is 7.97. The first-order valence-corrected chi connectivity index (χ1v) is 7.64. The van der Waals surface area contributed by atoms with Crippen LogP contribution >= 0.6 is 11.8 Å². The maximum Gasteiger partial charge on any atom is 0.170 e. The molecule has 110 valence electrons. The normalized spacial score (nSPS) is 11.6. The lowest BCUT2D eigenvalue weighted by atomic mass is 10.1. The fourth-order valence-electron chi connectivity index (χ4n) is 2.03. The summed E-state index contributed by atoms with van der Waals surface area (Å²) in [7, 11) is 0. The molecule has 0 spiro atoms. The van der Waals surface area contributed by atoms with E-state index in [4.69, 9.17) is 10.9 Å². The van der Waals surface area contributed by atoms with E-state index in [-0.39, 0.29) is 11.7 Å². The van der Waals surface area contributed by atoms with Crippen LogP contribution in [0.25, 0.3) is 0 Å². The van der Waals surface area contributed by atoms with Crippen LogP contribution in [0.1, 0.15) is 22.3 Å². The van der Waals surface area contributed by atoms with Crippen molar-refractivity contribution in [2.45, 2.75) is 18.4 Å². The second-order valence-corrected chi connectivity index (χ2v) is 5.80. The first-order valence-electron chi connectivity index (χ1n) is 6.49. The van der Waals surface area contributed by atoms with Gasteiger partial charge in [-0.1, -0.05) is 35.0 Å². The van der Waals surface area contributed by atoms with Crippen LogP contribution in [0.15, 0.2) is 47.6 Å². The molecular formula is C16H17FN2OS. The monoisotopic (exact) mass is 304 g/mol. The lowest BCUT2D eigenvalue weighted by Crippen LogP contribution is -2.13. The fourth-order valence-corrected chi connectivity index (χ4v) is 2.95. The molecule has 0 aliphatic rings. The molecule has 0 amide bonds. The van der Waals surface area contributed by atoms with Gasteiger partial charge in [-0.25, -0.2) is 4.39 Å². The highest BCUT2D eigenvalue weighted by atomic mass is 32.2. The highest BCUT2D eigenvalue weighted by Crippen LogP contribution is 2.20. The summed E-state index contributed by atoms with van der Waals surface area (Å²) in [6.45, 7) is 2.06. The van der Waals surface area contributed by atoms with Crippen molar-refractivity contribution in [1.29, 1.82) is 0 Å². The third-order valence-electron chi connectivity index (χ3n) is 2.98. The van der Waals surface area contributed by atoms with E-state index >= 15 is 0 Å². The van der Waals surface area contributed by atoms with Gasteiger partial charge < -0.3 is 10.9 Å².